The standard InChI is InChI=1S/C14H28N2O/c1-4-8-12(2)16(3)13(17)14(11-15)9-6-5-7-10-14/h12H,4-11,15H2,1-3H3. The van der Waals surface area contributed by atoms with E-state index in [-0.39, 0.29) is 11.3 Å². The Morgan fingerprint density at radius 2 is 1.94 bits per heavy atom. The summed E-state index contributed by atoms with van der Waals surface area (Å²) in [5, 5.41) is 0. The van der Waals surface area contributed by atoms with Crippen molar-refractivity contribution >= 4 is 5.91 Å². The van der Waals surface area contributed by atoms with E-state index in [9.17, 15) is 4.79 Å². The number of amides is 1. The van der Waals surface area contributed by atoms with Crippen LogP contribution in [-0.4, -0.2) is 30.4 Å². The molecule has 2 N–H and O–H groups in total. The number of nitrogens with two attached hydrogens (primary N) is 1. The molecule has 1 aliphatic rings. The minimum absolute atomic E-state index is 0.255. The SMILES string of the molecule is CCCC(C)N(C)C(=O)C1(CN)CCCCC1. The maximum atomic E-state index is 12.6. The summed E-state index contributed by atoms with van der Waals surface area (Å²) in [6, 6.07) is 0.331. The molecule has 0 radical (unpaired) electrons. The molecule has 1 saturated carbocycles. The lowest BCUT2D eigenvalue weighted by Gasteiger charge is -2.39. The predicted molar refractivity (Wildman–Crippen MR) is 71.7 cm³/mol. The third-order valence-electron chi connectivity index (χ3n) is 4.34. The van der Waals surface area contributed by atoms with Crippen LogP contribution in [0.15, 0.2) is 0 Å². The summed E-state index contributed by atoms with van der Waals surface area (Å²) in [6.07, 6.45) is 7.70. The average molecular weight is 240 g/mol. The van der Waals surface area contributed by atoms with Crippen LogP contribution in [0.1, 0.15) is 58.8 Å². The molecule has 3 nitrogen and oxygen atoms in total. The van der Waals surface area contributed by atoms with Crippen molar-refractivity contribution in [2.75, 3.05) is 13.6 Å². The van der Waals surface area contributed by atoms with Crippen molar-refractivity contribution in [1.29, 1.82) is 0 Å². The van der Waals surface area contributed by atoms with Crippen molar-refractivity contribution in [3.63, 3.8) is 0 Å². The molecule has 1 rings (SSSR count). The summed E-state index contributed by atoms with van der Waals surface area (Å²) in [6.45, 7) is 4.80. The fourth-order valence-electron chi connectivity index (χ4n) is 2.92. The Morgan fingerprint density at radius 1 is 1.35 bits per heavy atom. The molecule has 1 amide bonds. The largest absolute Gasteiger partial charge is 0.343 e. The van der Waals surface area contributed by atoms with Crippen molar-refractivity contribution < 1.29 is 4.79 Å². The summed E-state index contributed by atoms with van der Waals surface area (Å²) >= 11 is 0. The lowest BCUT2D eigenvalue weighted by Crippen LogP contribution is -2.50. The van der Waals surface area contributed by atoms with Gasteiger partial charge in [0.15, 0.2) is 0 Å². The van der Waals surface area contributed by atoms with Crippen LogP contribution in [0.25, 0.3) is 0 Å². The van der Waals surface area contributed by atoms with Crippen LogP contribution >= 0.6 is 0 Å². The molecular formula is C14H28N2O. The number of nitrogens with zero attached hydrogens (tertiary/aromatic N) is 1. The zero-order chi connectivity index (χ0) is 12.9. The van der Waals surface area contributed by atoms with Crippen molar-refractivity contribution in [3.8, 4) is 0 Å². The van der Waals surface area contributed by atoms with Gasteiger partial charge in [-0.3, -0.25) is 4.79 Å². The first-order valence-electron chi connectivity index (χ1n) is 7.04. The highest BCUT2D eigenvalue weighted by Crippen LogP contribution is 2.37. The van der Waals surface area contributed by atoms with Gasteiger partial charge in [-0.15, -0.1) is 0 Å². The van der Waals surface area contributed by atoms with E-state index in [1.165, 1.54) is 6.42 Å². The molecule has 17 heavy (non-hydrogen) atoms. The topological polar surface area (TPSA) is 46.3 Å². The minimum atomic E-state index is -0.255. The fourth-order valence-corrected chi connectivity index (χ4v) is 2.92. The van der Waals surface area contributed by atoms with Gasteiger partial charge >= 0.3 is 0 Å². The highest BCUT2D eigenvalue weighted by Gasteiger charge is 2.40. The van der Waals surface area contributed by atoms with E-state index in [1.54, 1.807) is 0 Å². The van der Waals surface area contributed by atoms with Crippen LogP contribution in [0, 0.1) is 5.41 Å². The highest BCUT2D eigenvalue weighted by atomic mass is 16.2. The molecule has 1 unspecified atom stereocenters. The van der Waals surface area contributed by atoms with E-state index in [2.05, 4.69) is 13.8 Å². The molecule has 0 aromatic carbocycles. The fraction of sp³-hybridized carbons (Fsp3) is 0.929. The molecule has 1 aliphatic carbocycles. The van der Waals surface area contributed by atoms with Gasteiger partial charge in [-0.25, -0.2) is 0 Å². The summed E-state index contributed by atoms with van der Waals surface area (Å²) in [4.78, 5) is 14.5. The Bertz CT molecular complexity index is 247. The van der Waals surface area contributed by atoms with E-state index >= 15 is 0 Å². The molecule has 0 aromatic rings. The zero-order valence-electron chi connectivity index (χ0n) is 11.7. The normalized spacial score (nSPS) is 20.9. The third kappa shape index (κ3) is 3.21. The molecule has 1 atom stereocenters. The maximum Gasteiger partial charge on any atom is 0.230 e. The quantitative estimate of drug-likeness (QED) is 0.802. The van der Waals surface area contributed by atoms with Crippen LogP contribution in [0.4, 0.5) is 0 Å². The summed E-state index contributed by atoms with van der Waals surface area (Å²) in [5.74, 6) is 0.278. The van der Waals surface area contributed by atoms with Crippen molar-refractivity contribution in [2.45, 2.75) is 64.8 Å². The van der Waals surface area contributed by atoms with Crippen LogP contribution in [0.3, 0.4) is 0 Å². The van der Waals surface area contributed by atoms with Crippen LogP contribution < -0.4 is 5.73 Å². The van der Waals surface area contributed by atoms with Crippen LogP contribution in [-0.2, 0) is 4.79 Å². The van der Waals surface area contributed by atoms with Crippen molar-refractivity contribution in [3.05, 3.63) is 0 Å². The Morgan fingerprint density at radius 3 is 2.41 bits per heavy atom. The van der Waals surface area contributed by atoms with Gasteiger partial charge in [0.1, 0.15) is 0 Å². The minimum Gasteiger partial charge on any atom is -0.343 e. The van der Waals surface area contributed by atoms with Crippen LogP contribution in [0.5, 0.6) is 0 Å². The van der Waals surface area contributed by atoms with E-state index < -0.39 is 0 Å². The lowest BCUT2D eigenvalue weighted by molar-refractivity contribution is -0.144. The van der Waals surface area contributed by atoms with E-state index in [1.807, 2.05) is 11.9 Å². The van der Waals surface area contributed by atoms with E-state index in [0.717, 1.165) is 38.5 Å². The van der Waals surface area contributed by atoms with Crippen molar-refractivity contribution in [2.24, 2.45) is 11.1 Å². The number of carbonyl (C=O) groups is 1. The summed E-state index contributed by atoms with van der Waals surface area (Å²) < 4.78 is 0. The first kappa shape index (κ1) is 14.5. The van der Waals surface area contributed by atoms with Gasteiger partial charge in [0, 0.05) is 19.6 Å². The third-order valence-corrected chi connectivity index (χ3v) is 4.34. The smallest absolute Gasteiger partial charge is 0.230 e. The monoisotopic (exact) mass is 240 g/mol. The van der Waals surface area contributed by atoms with E-state index in [4.69, 9.17) is 5.73 Å². The van der Waals surface area contributed by atoms with Gasteiger partial charge in [-0.1, -0.05) is 32.6 Å². The number of hydrogen-bond acceptors (Lipinski definition) is 2. The molecule has 0 aromatic heterocycles. The molecule has 1 fully saturated rings. The Kier molecular flexibility index (Phi) is 5.44. The number of hydrogen-bond donors (Lipinski definition) is 1. The average Bonchev–Trinajstić information content (AvgIpc) is 2.38. The van der Waals surface area contributed by atoms with Gasteiger partial charge in [0.05, 0.1) is 5.41 Å². The maximum absolute atomic E-state index is 12.6. The molecule has 0 spiro atoms. The molecular weight excluding hydrogens is 212 g/mol. The molecule has 0 bridgehead atoms. The van der Waals surface area contributed by atoms with Gasteiger partial charge in [-0.05, 0) is 26.2 Å². The second-order valence-electron chi connectivity index (χ2n) is 5.60. The first-order chi connectivity index (χ1) is 8.07. The van der Waals surface area contributed by atoms with Gasteiger partial charge in [0.25, 0.3) is 0 Å². The Labute approximate surface area is 106 Å². The predicted octanol–water partition coefficient (Wildman–Crippen LogP) is 2.54. The number of carbonyl (C=O) groups excluding carboxylic acids is 1. The summed E-state index contributed by atoms with van der Waals surface area (Å²) in [7, 11) is 1.94. The molecule has 0 heterocycles. The molecule has 100 valence electrons. The Hall–Kier alpha value is -0.570. The zero-order valence-corrected chi connectivity index (χ0v) is 11.7. The van der Waals surface area contributed by atoms with Crippen LogP contribution in [0.2, 0.25) is 0 Å². The highest BCUT2D eigenvalue weighted by molar-refractivity contribution is 5.83. The molecule has 3 heteroatoms. The first-order valence-corrected chi connectivity index (χ1v) is 7.04. The lowest BCUT2D eigenvalue weighted by atomic mass is 9.73. The van der Waals surface area contributed by atoms with Gasteiger partial charge in [-0.2, -0.15) is 0 Å². The van der Waals surface area contributed by atoms with Gasteiger partial charge < -0.3 is 10.6 Å². The van der Waals surface area contributed by atoms with Gasteiger partial charge in [0.2, 0.25) is 5.91 Å². The molecule has 0 saturated heterocycles. The van der Waals surface area contributed by atoms with Crippen molar-refractivity contribution in [1.82, 2.24) is 4.90 Å². The number of rotatable bonds is 5. The Balaban J connectivity index is 2.71. The molecule has 0 aliphatic heterocycles. The van der Waals surface area contributed by atoms with E-state index in [0.29, 0.717) is 12.6 Å². The summed E-state index contributed by atoms with van der Waals surface area (Å²) in [5.41, 5.74) is 5.65. The second kappa shape index (κ2) is 6.39. The second-order valence-corrected chi connectivity index (χ2v) is 5.60.